The van der Waals surface area contributed by atoms with E-state index in [1.54, 1.807) is 31.5 Å². The second-order valence-corrected chi connectivity index (χ2v) is 4.46. The van der Waals surface area contributed by atoms with Crippen LogP contribution in [-0.4, -0.2) is 11.1 Å². The van der Waals surface area contributed by atoms with Crippen LogP contribution in [0, 0.1) is 6.92 Å². The number of benzene rings is 1. The number of esters is 1. The third-order valence-electron chi connectivity index (χ3n) is 3.00. The highest BCUT2D eigenvalue weighted by Gasteiger charge is 2.23. The highest BCUT2D eigenvalue weighted by molar-refractivity contribution is 5.98. The summed E-state index contributed by atoms with van der Waals surface area (Å²) in [6, 6.07) is 12.8. The zero-order valence-electron chi connectivity index (χ0n) is 11.4. The predicted octanol–water partition coefficient (Wildman–Crippen LogP) is 2.68. The third kappa shape index (κ3) is 2.67. The van der Waals surface area contributed by atoms with Crippen molar-refractivity contribution in [3.8, 4) is 17.0 Å². The number of aromatic nitrogens is 2. The van der Waals surface area contributed by atoms with Gasteiger partial charge in [-0.2, -0.15) is 0 Å². The lowest BCUT2D eigenvalue weighted by atomic mass is 10.1. The molecule has 2 heterocycles. The number of carbonyl (C=O) groups excluding carboxylic acids is 1. The lowest BCUT2D eigenvalue weighted by Crippen LogP contribution is -2.12. The zero-order valence-corrected chi connectivity index (χ0v) is 11.4. The number of nitrogens with zero attached hydrogens (tertiary/aromatic N) is 1. The summed E-state index contributed by atoms with van der Waals surface area (Å²) in [6.45, 7) is 1.69. The fraction of sp³-hybridized carbons (Fsp3) is 0.0625. The molecule has 3 aromatic rings. The highest BCUT2D eigenvalue weighted by atomic mass is 16.5. The molecule has 5 nitrogen and oxygen atoms in total. The van der Waals surface area contributed by atoms with Gasteiger partial charge in [0.2, 0.25) is 6.20 Å². The number of hydrogen-bond donors (Lipinski definition) is 0. The third-order valence-corrected chi connectivity index (χ3v) is 3.00. The lowest BCUT2D eigenvalue weighted by Gasteiger charge is -2.03. The first-order valence-electron chi connectivity index (χ1n) is 6.45. The minimum atomic E-state index is -0.493. The molecular weight excluding hydrogens is 268 g/mol. The Bertz CT molecular complexity index is 752. The molecule has 0 saturated heterocycles. The fourth-order valence-corrected chi connectivity index (χ4v) is 2.00. The molecule has 1 aromatic carbocycles. The molecule has 0 amide bonds. The van der Waals surface area contributed by atoms with E-state index < -0.39 is 5.97 Å². The maximum atomic E-state index is 12.4. The minimum absolute atomic E-state index is 0.338. The number of H-pyrrole nitrogens is 1. The van der Waals surface area contributed by atoms with Crippen molar-refractivity contribution >= 4 is 5.97 Å². The summed E-state index contributed by atoms with van der Waals surface area (Å²) in [5, 5.41) is 3.97. The van der Waals surface area contributed by atoms with Crippen molar-refractivity contribution in [2.75, 3.05) is 0 Å². The SMILES string of the molecule is Cc1onc(-c2ccccc2)c1C(=O)Oc1ccc[nH+]c1. The summed E-state index contributed by atoms with van der Waals surface area (Å²) >= 11 is 0. The van der Waals surface area contributed by atoms with Crippen LogP contribution < -0.4 is 9.72 Å². The van der Waals surface area contributed by atoms with E-state index in [1.165, 1.54) is 0 Å². The van der Waals surface area contributed by atoms with E-state index in [0.717, 1.165) is 5.56 Å². The van der Waals surface area contributed by atoms with E-state index in [4.69, 9.17) is 9.26 Å². The van der Waals surface area contributed by atoms with Crippen LogP contribution >= 0.6 is 0 Å². The van der Waals surface area contributed by atoms with Gasteiger partial charge in [-0.1, -0.05) is 35.5 Å². The highest BCUT2D eigenvalue weighted by Crippen LogP contribution is 2.26. The van der Waals surface area contributed by atoms with Crippen LogP contribution in [0.4, 0.5) is 0 Å². The quantitative estimate of drug-likeness (QED) is 0.692. The Balaban J connectivity index is 1.95. The Hall–Kier alpha value is -2.95. The average molecular weight is 281 g/mol. The Morgan fingerprint density at radius 2 is 2.00 bits per heavy atom. The minimum Gasteiger partial charge on any atom is -0.416 e. The zero-order chi connectivity index (χ0) is 14.7. The molecule has 2 aromatic heterocycles. The van der Waals surface area contributed by atoms with E-state index in [9.17, 15) is 4.79 Å². The summed E-state index contributed by atoms with van der Waals surface area (Å²) in [7, 11) is 0. The first-order chi connectivity index (χ1) is 10.3. The van der Waals surface area contributed by atoms with Crippen molar-refractivity contribution < 1.29 is 19.0 Å². The van der Waals surface area contributed by atoms with Crippen molar-refractivity contribution in [2.24, 2.45) is 0 Å². The maximum absolute atomic E-state index is 12.4. The normalized spacial score (nSPS) is 10.3. The van der Waals surface area contributed by atoms with Gasteiger partial charge >= 0.3 is 5.97 Å². The summed E-state index contributed by atoms with van der Waals surface area (Å²) in [6.07, 6.45) is 3.33. The van der Waals surface area contributed by atoms with Crippen LogP contribution in [0.15, 0.2) is 59.4 Å². The van der Waals surface area contributed by atoms with Crippen LogP contribution in [0.5, 0.6) is 5.75 Å². The van der Waals surface area contributed by atoms with Crippen molar-refractivity contribution in [3.05, 3.63) is 66.2 Å². The molecule has 0 aliphatic heterocycles. The van der Waals surface area contributed by atoms with Gasteiger partial charge in [-0.05, 0) is 13.0 Å². The van der Waals surface area contributed by atoms with Crippen LogP contribution in [-0.2, 0) is 0 Å². The Kier molecular flexibility index (Phi) is 3.47. The number of carbonyl (C=O) groups is 1. The van der Waals surface area contributed by atoms with Gasteiger partial charge in [-0.3, -0.25) is 0 Å². The van der Waals surface area contributed by atoms with Gasteiger partial charge < -0.3 is 9.26 Å². The van der Waals surface area contributed by atoms with Gasteiger partial charge in [0.15, 0.2) is 11.9 Å². The van der Waals surface area contributed by atoms with E-state index in [0.29, 0.717) is 22.8 Å². The molecule has 0 bridgehead atoms. The number of ether oxygens (including phenoxy) is 1. The van der Waals surface area contributed by atoms with E-state index >= 15 is 0 Å². The molecule has 0 aliphatic rings. The molecule has 3 rings (SSSR count). The number of hydrogen-bond acceptors (Lipinski definition) is 4. The molecule has 0 radical (unpaired) electrons. The molecular formula is C16H13N2O3+. The first kappa shape index (κ1) is 13.1. The van der Waals surface area contributed by atoms with Gasteiger partial charge in [-0.25, -0.2) is 9.78 Å². The molecule has 5 heteroatoms. The van der Waals surface area contributed by atoms with Crippen LogP contribution in [0.1, 0.15) is 16.1 Å². The molecule has 0 atom stereocenters. The van der Waals surface area contributed by atoms with Crippen LogP contribution in [0.25, 0.3) is 11.3 Å². The van der Waals surface area contributed by atoms with E-state index in [-0.39, 0.29) is 0 Å². The van der Waals surface area contributed by atoms with Crippen molar-refractivity contribution in [1.29, 1.82) is 0 Å². The largest absolute Gasteiger partial charge is 0.416 e. The molecule has 0 aliphatic carbocycles. The van der Waals surface area contributed by atoms with Crippen LogP contribution in [0.2, 0.25) is 0 Å². The van der Waals surface area contributed by atoms with Crippen LogP contribution in [0.3, 0.4) is 0 Å². The summed E-state index contributed by atoms with van der Waals surface area (Å²) in [4.78, 5) is 15.2. The molecule has 104 valence electrons. The number of aryl methyl sites for hydroxylation is 1. The van der Waals surface area contributed by atoms with Crippen molar-refractivity contribution in [2.45, 2.75) is 6.92 Å². The topological polar surface area (TPSA) is 66.5 Å². The van der Waals surface area contributed by atoms with E-state index in [1.807, 2.05) is 30.3 Å². The molecule has 0 spiro atoms. The van der Waals surface area contributed by atoms with Gasteiger partial charge in [0.05, 0.1) is 0 Å². The average Bonchev–Trinajstić information content (AvgIpc) is 2.91. The lowest BCUT2D eigenvalue weighted by molar-refractivity contribution is -0.378. The van der Waals surface area contributed by atoms with E-state index in [2.05, 4.69) is 10.1 Å². The molecule has 0 fully saturated rings. The summed E-state index contributed by atoms with van der Waals surface area (Å²) in [5.74, 6) is 0.369. The van der Waals surface area contributed by atoms with Gasteiger partial charge in [-0.15, -0.1) is 0 Å². The summed E-state index contributed by atoms with van der Waals surface area (Å²) < 4.78 is 10.5. The first-order valence-corrected chi connectivity index (χ1v) is 6.45. The molecule has 21 heavy (non-hydrogen) atoms. The molecule has 0 unspecified atom stereocenters. The van der Waals surface area contributed by atoms with Crippen molar-refractivity contribution in [3.63, 3.8) is 0 Å². The Labute approximate surface area is 121 Å². The second kappa shape index (κ2) is 5.58. The van der Waals surface area contributed by atoms with Crippen molar-refractivity contribution in [1.82, 2.24) is 5.16 Å². The maximum Gasteiger partial charge on any atom is 0.349 e. The number of rotatable bonds is 3. The monoisotopic (exact) mass is 281 g/mol. The number of aromatic amines is 1. The Morgan fingerprint density at radius 1 is 1.19 bits per heavy atom. The number of nitrogens with one attached hydrogen (secondary N) is 1. The van der Waals surface area contributed by atoms with Gasteiger partial charge in [0.1, 0.15) is 17.0 Å². The fourth-order valence-electron chi connectivity index (χ4n) is 2.00. The predicted molar refractivity (Wildman–Crippen MR) is 74.6 cm³/mol. The molecule has 1 N–H and O–H groups in total. The standard InChI is InChI=1S/C16H12N2O3/c1-11-14(16(19)20-13-8-5-9-17-10-13)15(18-21-11)12-6-3-2-4-7-12/h2-10H,1H3/p+1. The van der Waals surface area contributed by atoms with Gasteiger partial charge in [0.25, 0.3) is 0 Å². The smallest absolute Gasteiger partial charge is 0.349 e. The molecule has 0 saturated carbocycles. The Morgan fingerprint density at radius 3 is 2.71 bits per heavy atom. The number of pyridine rings is 1. The van der Waals surface area contributed by atoms with Gasteiger partial charge in [0, 0.05) is 11.6 Å². The summed E-state index contributed by atoms with van der Waals surface area (Å²) in [5.41, 5.74) is 1.63. The second-order valence-electron chi connectivity index (χ2n) is 4.46.